The van der Waals surface area contributed by atoms with Gasteiger partial charge in [0.15, 0.2) is 17.4 Å². The van der Waals surface area contributed by atoms with Crippen molar-refractivity contribution in [1.29, 1.82) is 0 Å². The van der Waals surface area contributed by atoms with E-state index in [4.69, 9.17) is 4.74 Å². The Morgan fingerprint density at radius 3 is 2.00 bits per heavy atom. The molecule has 0 aliphatic rings. The van der Waals surface area contributed by atoms with Gasteiger partial charge in [-0.05, 0) is 12.8 Å². The molecule has 0 N–H and O–H groups in total. The first kappa shape index (κ1) is 18.6. The summed E-state index contributed by atoms with van der Waals surface area (Å²) in [6.07, 6.45) is 12.1. The van der Waals surface area contributed by atoms with Gasteiger partial charge in [0, 0.05) is 18.0 Å². The van der Waals surface area contributed by atoms with Crippen LogP contribution in [-0.4, -0.2) is 26.5 Å². The summed E-state index contributed by atoms with van der Waals surface area (Å²) in [6, 6.07) is 0. The van der Waals surface area contributed by atoms with Crippen LogP contribution in [0.25, 0.3) is 17.7 Å². The van der Waals surface area contributed by atoms with Crippen LogP contribution in [-0.2, 0) is 0 Å². The van der Waals surface area contributed by atoms with Gasteiger partial charge in [0.05, 0.1) is 19.0 Å². The summed E-state index contributed by atoms with van der Waals surface area (Å²) in [5, 5.41) is 0. The van der Waals surface area contributed by atoms with Gasteiger partial charge in [0.25, 0.3) is 0 Å². The Morgan fingerprint density at radius 2 is 1.48 bits per heavy atom. The summed E-state index contributed by atoms with van der Waals surface area (Å²) >= 11 is 0. The van der Waals surface area contributed by atoms with Crippen molar-refractivity contribution in [1.82, 2.24) is 19.9 Å². The van der Waals surface area contributed by atoms with Crippen LogP contribution in [0.15, 0.2) is 30.9 Å². The molecule has 0 radical (unpaired) electrons. The van der Waals surface area contributed by atoms with Crippen molar-refractivity contribution in [3.05, 3.63) is 48.1 Å². The van der Waals surface area contributed by atoms with E-state index in [1.807, 2.05) is 19.1 Å². The predicted molar refractivity (Wildman–Crippen MR) is 92.8 cm³/mol. The number of halogens is 2. The van der Waals surface area contributed by atoms with E-state index < -0.39 is 11.7 Å². The first-order valence-electron chi connectivity index (χ1n) is 8.15. The molecule has 0 aromatic carbocycles. The average molecular weight is 346 g/mol. The first-order valence-corrected chi connectivity index (χ1v) is 8.15. The molecule has 5 nitrogen and oxygen atoms in total. The van der Waals surface area contributed by atoms with Crippen molar-refractivity contribution in [2.45, 2.75) is 33.1 Å². The van der Waals surface area contributed by atoms with Gasteiger partial charge in [-0.2, -0.15) is 8.78 Å². The van der Waals surface area contributed by atoms with Crippen molar-refractivity contribution in [2.75, 3.05) is 6.61 Å². The standard InChI is InChI=1S/C18H20F2N4O/c1-3-5-6-7-13-9-21-17(22-10-13)15(19)16(20)18-23-11-14(12-24-18)25-8-4-2/h6-7,9-12H,3-5,8H2,1-2H3/b7-6+,16-15-. The number of rotatable bonds is 8. The monoisotopic (exact) mass is 346 g/mol. The molecule has 2 heterocycles. The Kier molecular flexibility index (Phi) is 7.13. The summed E-state index contributed by atoms with van der Waals surface area (Å²) in [5.74, 6) is -2.74. The molecule has 2 aromatic heterocycles. The lowest BCUT2D eigenvalue weighted by molar-refractivity contribution is 0.314. The lowest BCUT2D eigenvalue weighted by Gasteiger charge is -2.04. The second-order valence-electron chi connectivity index (χ2n) is 5.25. The number of allylic oxidation sites excluding steroid dienone is 1. The average Bonchev–Trinajstić information content (AvgIpc) is 2.66. The Hall–Kier alpha value is -2.70. The third-order valence-electron chi connectivity index (χ3n) is 3.12. The van der Waals surface area contributed by atoms with E-state index in [0.717, 1.165) is 24.8 Å². The molecular weight excluding hydrogens is 326 g/mol. The van der Waals surface area contributed by atoms with Crippen LogP contribution in [0.4, 0.5) is 8.78 Å². The van der Waals surface area contributed by atoms with Gasteiger partial charge in [-0.25, -0.2) is 19.9 Å². The Bertz CT molecular complexity index is 728. The van der Waals surface area contributed by atoms with Crippen LogP contribution in [0.3, 0.4) is 0 Å². The number of unbranched alkanes of at least 4 members (excludes halogenated alkanes) is 1. The number of aromatic nitrogens is 4. The minimum atomic E-state index is -1.21. The Labute approximate surface area is 145 Å². The molecule has 0 atom stereocenters. The predicted octanol–water partition coefficient (Wildman–Crippen LogP) is 4.63. The zero-order valence-corrected chi connectivity index (χ0v) is 14.2. The zero-order chi connectivity index (χ0) is 18.1. The highest BCUT2D eigenvalue weighted by Gasteiger charge is 2.16. The van der Waals surface area contributed by atoms with Crippen LogP contribution in [0.5, 0.6) is 5.75 Å². The van der Waals surface area contributed by atoms with E-state index in [0.29, 0.717) is 12.4 Å². The van der Waals surface area contributed by atoms with E-state index in [1.54, 1.807) is 0 Å². The highest BCUT2D eigenvalue weighted by molar-refractivity contribution is 5.78. The molecule has 2 rings (SSSR count). The van der Waals surface area contributed by atoms with Crippen LogP contribution in [0, 0.1) is 0 Å². The Balaban J connectivity index is 2.14. The number of hydrogen-bond acceptors (Lipinski definition) is 5. The Morgan fingerprint density at radius 1 is 0.920 bits per heavy atom. The smallest absolute Gasteiger partial charge is 0.207 e. The molecule has 0 amide bonds. The largest absolute Gasteiger partial charge is 0.490 e. The van der Waals surface area contributed by atoms with Gasteiger partial charge in [0.1, 0.15) is 0 Å². The fraction of sp³-hybridized carbons (Fsp3) is 0.333. The highest BCUT2D eigenvalue weighted by Crippen LogP contribution is 2.24. The molecule has 0 saturated heterocycles. The van der Waals surface area contributed by atoms with Gasteiger partial charge < -0.3 is 4.74 Å². The topological polar surface area (TPSA) is 60.8 Å². The maximum atomic E-state index is 14.2. The van der Waals surface area contributed by atoms with Crippen LogP contribution in [0.1, 0.15) is 50.3 Å². The number of ether oxygens (including phenoxy) is 1. The summed E-state index contributed by atoms with van der Waals surface area (Å²) in [7, 11) is 0. The molecule has 7 heteroatoms. The number of nitrogens with zero attached hydrogens (tertiary/aromatic N) is 4. The van der Waals surface area contributed by atoms with Gasteiger partial charge in [-0.3, -0.25) is 0 Å². The third kappa shape index (κ3) is 5.41. The minimum absolute atomic E-state index is 0.347. The number of hydrogen-bond donors (Lipinski definition) is 0. The van der Waals surface area contributed by atoms with Crippen molar-refractivity contribution >= 4 is 17.7 Å². The van der Waals surface area contributed by atoms with Crippen LogP contribution in [0.2, 0.25) is 0 Å². The minimum Gasteiger partial charge on any atom is -0.490 e. The fourth-order valence-corrected chi connectivity index (χ4v) is 1.84. The van der Waals surface area contributed by atoms with E-state index in [2.05, 4.69) is 26.9 Å². The molecule has 0 spiro atoms. The normalized spacial score (nSPS) is 12.3. The fourth-order valence-electron chi connectivity index (χ4n) is 1.84. The molecule has 0 unspecified atom stereocenters. The van der Waals surface area contributed by atoms with Gasteiger partial charge in [0.2, 0.25) is 11.7 Å². The quantitative estimate of drug-likeness (QED) is 0.697. The highest BCUT2D eigenvalue weighted by atomic mass is 19.2. The summed E-state index contributed by atoms with van der Waals surface area (Å²) < 4.78 is 33.7. The van der Waals surface area contributed by atoms with E-state index in [-0.39, 0.29) is 11.6 Å². The van der Waals surface area contributed by atoms with E-state index in [1.165, 1.54) is 24.8 Å². The zero-order valence-electron chi connectivity index (χ0n) is 14.2. The van der Waals surface area contributed by atoms with Crippen LogP contribution >= 0.6 is 0 Å². The first-order chi connectivity index (χ1) is 12.2. The van der Waals surface area contributed by atoms with Gasteiger partial charge >= 0.3 is 0 Å². The van der Waals surface area contributed by atoms with E-state index >= 15 is 0 Å². The maximum absolute atomic E-state index is 14.2. The van der Waals surface area contributed by atoms with Gasteiger partial charge in [-0.15, -0.1) is 0 Å². The second kappa shape index (κ2) is 9.56. The van der Waals surface area contributed by atoms with Gasteiger partial charge in [-0.1, -0.05) is 32.4 Å². The van der Waals surface area contributed by atoms with Crippen molar-refractivity contribution < 1.29 is 13.5 Å². The third-order valence-corrected chi connectivity index (χ3v) is 3.12. The SMILES string of the molecule is CCC/C=C/c1cnc(/C(F)=C(/F)c2ncc(OCCC)cn2)nc1. The molecule has 0 fully saturated rings. The molecule has 0 saturated carbocycles. The van der Waals surface area contributed by atoms with Crippen LogP contribution < -0.4 is 4.74 Å². The summed E-state index contributed by atoms with van der Waals surface area (Å²) in [4.78, 5) is 15.2. The van der Waals surface area contributed by atoms with Crippen molar-refractivity contribution in [2.24, 2.45) is 0 Å². The van der Waals surface area contributed by atoms with E-state index in [9.17, 15) is 8.78 Å². The lowest BCUT2D eigenvalue weighted by Crippen LogP contribution is -1.99. The molecule has 132 valence electrons. The van der Waals surface area contributed by atoms with Crippen molar-refractivity contribution in [3.63, 3.8) is 0 Å². The molecule has 0 aliphatic heterocycles. The maximum Gasteiger partial charge on any atom is 0.207 e. The molecular formula is C18H20F2N4O. The molecule has 0 aliphatic carbocycles. The van der Waals surface area contributed by atoms with Crippen molar-refractivity contribution in [3.8, 4) is 5.75 Å². The summed E-state index contributed by atoms with van der Waals surface area (Å²) in [5.41, 5.74) is 0.721. The molecule has 2 aromatic rings. The summed E-state index contributed by atoms with van der Waals surface area (Å²) in [6.45, 7) is 4.53. The molecule has 25 heavy (non-hydrogen) atoms. The molecule has 0 bridgehead atoms. The second-order valence-corrected chi connectivity index (χ2v) is 5.25. The lowest BCUT2D eigenvalue weighted by atomic mass is 10.2.